The topological polar surface area (TPSA) is 33.2 Å². The van der Waals surface area contributed by atoms with Crippen LogP contribution < -0.4 is 4.90 Å². The van der Waals surface area contributed by atoms with E-state index in [-0.39, 0.29) is 11.2 Å². The number of hydrogen-bond donors (Lipinski definition) is 1. The molecule has 0 spiro atoms. The molecule has 18 heavy (non-hydrogen) atoms. The standard InChI is InChI=1S/C13H11ClN2OS/c14-12-6-11(16-7-8(18)5-13(16)17)9-3-1-2-4-10(9)15-12/h1-4,6,8,18H,5,7H2. The van der Waals surface area contributed by atoms with Crippen LogP contribution in [-0.2, 0) is 4.79 Å². The summed E-state index contributed by atoms with van der Waals surface area (Å²) in [5.41, 5.74) is 1.63. The molecule has 1 unspecified atom stereocenters. The minimum absolute atomic E-state index is 0.0856. The Kier molecular flexibility index (Phi) is 2.92. The molecule has 1 saturated heterocycles. The molecule has 2 heterocycles. The van der Waals surface area contributed by atoms with E-state index in [1.165, 1.54) is 0 Å². The summed E-state index contributed by atoms with van der Waals surface area (Å²) in [5.74, 6) is 0.0856. The lowest BCUT2D eigenvalue weighted by Crippen LogP contribution is -2.24. The molecule has 3 rings (SSSR count). The lowest BCUT2D eigenvalue weighted by Gasteiger charge is -2.18. The smallest absolute Gasteiger partial charge is 0.228 e. The Morgan fingerprint density at radius 3 is 2.89 bits per heavy atom. The third-order valence-electron chi connectivity index (χ3n) is 3.06. The van der Waals surface area contributed by atoms with Crippen molar-refractivity contribution in [1.82, 2.24) is 4.98 Å². The summed E-state index contributed by atoms with van der Waals surface area (Å²) in [4.78, 5) is 18.0. The fourth-order valence-corrected chi connectivity index (χ4v) is 2.78. The number of hydrogen-bond acceptors (Lipinski definition) is 3. The number of carbonyl (C=O) groups is 1. The lowest BCUT2D eigenvalue weighted by atomic mass is 10.2. The van der Waals surface area contributed by atoms with Crippen molar-refractivity contribution in [3.8, 4) is 0 Å². The minimum Gasteiger partial charge on any atom is -0.310 e. The van der Waals surface area contributed by atoms with E-state index >= 15 is 0 Å². The van der Waals surface area contributed by atoms with Crippen LogP contribution in [0.5, 0.6) is 0 Å². The molecule has 1 amide bonds. The Labute approximate surface area is 115 Å². The Morgan fingerprint density at radius 1 is 1.39 bits per heavy atom. The molecule has 1 fully saturated rings. The zero-order valence-corrected chi connectivity index (χ0v) is 11.2. The molecule has 5 heteroatoms. The first-order chi connectivity index (χ1) is 8.65. The summed E-state index contributed by atoms with van der Waals surface area (Å²) >= 11 is 10.4. The van der Waals surface area contributed by atoms with E-state index in [2.05, 4.69) is 17.6 Å². The molecule has 0 bridgehead atoms. The van der Waals surface area contributed by atoms with Crippen molar-refractivity contribution in [3.05, 3.63) is 35.5 Å². The highest BCUT2D eigenvalue weighted by Gasteiger charge is 2.29. The summed E-state index contributed by atoms with van der Waals surface area (Å²) in [6.07, 6.45) is 0.470. The SMILES string of the molecule is O=C1CC(S)CN1c1cc(Cl)nc2ccccc12. The predicted molar refractivity (Wildman–Crippen MR) is 76.5 cm³/mol. The van der Waals surface area contributed by atoms with Crippen LogP contribution in [0.25, 0.3) is 10.9 Å². The van der Waals surface area contributed by atoms with Gasteiger partial charge in [0.05, 0.1) is 11.2 Å². The molecule has 0 radical (unpaired) electrons. The molecule has 0 N–H and O–H groups in total. The molecule has 1 atom stereocenters. The van der Waals surface area contributed by atoms with Crippen LogP contribution in [-0.4, -0.2) is 22.7 Å². The summed E-state index contributed by atoms with van der Waals surface area (Å²) in [7, 11) is 0. The maximum Gasteiger partial charge on any atom is 0.228 e. The first-order valence-corrected chi connectivity index (χ1v) is 6.58. The monoisotopic (exact) mass is 278 g/mol. The molecular formula is C13H11ClN2OS. The van der Waals surface area contributed by atoms with E-state index in [4.69, 9.17) is 11.6 Å². The first kappa shape index (κ1) is 11.8. The number of fused-ring (bicyclic) bond motifs is 1. The number of benzene rings is 1. The van der Waals surface area contributed by atoms with Crippen molar-refractivity contribution in [2.24, 2.45) is 0 Å². The molecule has 92 valence electrons. The van der Waals surface area contributed by atoms with Crippen molar-refractivity contribution < 1.29 is 4.79 Å². The molecule has 1 aliphatic heterocycles. The van der Waals surface area contributed by atoms with E-state index < -0.39 is 0 Å². The van der Waals surface area contributed by atoms with Gasteiger partial charge in [-0.25, -0.2) is 4.98 Å². The fraction of sp³-hybridized carbons (Fsp3) is 0.231. The van der Waals surface area contributed by atoms with Gasteiger partial charge < -0.3 is 4.90 Å². The number of halogens is 1. The van der Waals surface area contributed by atoms with Gasteiger partial charge in [0.1, 0.15) is 5.15 Å². The molecule has 0 saturated carbocycles. The normalized spacial score (nSPS) is 19.8. The largest absolute Gasteiger partial charge is 0.310 e. The summed E-state index contributed by atoms with van der Waals surface area (Å²) in [5, 5.41) is 1.43. The Bertz CT molecular complexity index is 631. The number of carbonyl (C=O) groups excluding carboxylic acids is 1. The Morgan fingerprint density at radius 2 is 2.17 bits per heavy atom. The van der Waals surface area contributed by atoms with Gasteiger partial charge in [-0.2, -0.15) is 12.6 Å². The number of pyridine rings is 1. The van der Waals surface area contributed by atoms with Crippen molar-refractivity contribution in [2.75, 3.05) is 11.4 Å². The molecular weight excluding hydrogens is 268 g/mol. The van der Waals surface area contributed by atoms with E-state index in [9.17, 15) is 4.79 Å². The highest BCUT2D eigenvalue weighted by Crippen LogP contribution is 2.32. The highest BCUT2D eigenvalue weighted by molar-refractivity contribution is 7.81. The van der Waals surface area contributed by atoms with E-state index in [1.54, 1.807) is 11.0 Å². The van der Waals surface area contributed by atoms with Gasteiger partial charge in [-0.15, -0.1) is 0 Å². The maximum atomic E-state index is 12.0. The summed E-state index contributed by atoms with van der Waals surface area (Å²) < 4.78 is 0. The minimum atomic E-state index is 0.0856. The molecule has 1 aliphatic rings. The number of thiol groups is 1. The second-order valence-corrected chi connectivity index (χ2v) is 5.46. The van der Waals surface area contributed by atoms with Crippen LogP contribution >= 0.6 is 24.2 Å². The van der Waals surface area contributed by atoms with E-state index in [1.807, 2.05) is 24.3 Å². The lowest BCUT2D eigenvalue weighted by molar-refractivity contribution is -0.117. The molecule has 2 aromatic rings. The van der Waals surface area contributed by atoms with Gasteiger partial charge in [-0.1, -0.05) is 29.8 Å². The Hall–Kier alpha value is -1.26. The third kappa shape index (κ3) is 1.95. The predicted octanol–water partition coefficient (Wildman–Crippen LogP) is 2.92. The molecule has 1 aromatic heterocycles. The number of nitrogens with zero attached hydrogens (tertiary/aromatic N) is 2. The Balaban J connectivity index is 2.19. The average Bonchev–Trinajstić information content (AvgIpc) is 2.67. The van der Waals surface area contributed by atoms with Crippen molar-refractivity contribution >= 4 is 46.7 Å². The van der Waals surface area contributed by atoms with Crippen LogP contribution in [0.4, 0.5) is 5.69 Å². The van der Waals surface area contributed by atoms with Crippen LogP contribution in [0.2, 0.25) is 5.15 Å². The number of amides is 1. The second-order valence-electron chi connectivity index (χ2n) is 4.34. The van der Waals surface area contributed by atoms with Gasteiger partial charge in [0.2, 0.25) is 5.91 Å². The quantitative estimate of drug-likeness (QED) is 0.643. The zero-order valence-electron chi connectivity index (χ0n) is 9.51. The van der Waals surface area contributed by atoms with Gasteiger partial charge >= 0.3 is 0 Å². The van der Waals surface area contributed by atoms with Gasteiger partial charge in [0.25, 0.3) is 0 Å². The first-order valence-electron chi connectivity index (χ1n) is 5.69. The van der Waals surface area contributed by atoms with Gasteiger partial charge in [-0.05, 0) is 12.1 Å². The molecule has 0 aliphatic carbocycles. The third-order valence-corrected chi connectivity index (χ3v) is 3.60. The van der Waals surface area contributed by atoms with Crippen molar-refractivity contribution in [3.63, 3.8) is 0 Å². The zero-order chi connectivity index (χ0) is 12.7. The van der Waals surface area contributed by atoms with Gasteiger partial charge in [-0.3, -0.25) is 4.79 Å². The van der Waals surface area contributed by atoms with Gasteiger partial charge in [0, 0.05) is 23.6 Å². The van der Waals surface area contributed by atoms with E-state index in [0.29, 0.717) is 18.1 Å². The van der Waals surface area contributed by atoms with Crippen LogP contribution in [0.1, 0.15) is 6.42 Å². The average molecular weight is 279 g/mol. The fourth-order valence-electron chi connectivity index (χ4n) is 2.27. The number of rotatable bonds is 1. The number of aromatic nitrogens is 1. The van der Waals surface area contributed by atoms with Crippen LogP contribution in [0, 0.1) is 0 Å². The van der Waals surface area contributed by atoms with Crippen LogP contribution in [0.3, 0.4) is 0 Å². The summed E-state index contributed by atoms with van der Waals surface area (Å²) in [6.45, 7) is 0.617. The summed E-state index contributed by atoms with van der Waals surface area (Å²) in [6, 6.07) is 9.42. The van der Waals surface area contributed by atoms with E-state index in [0.717, 1.165) is 16.6 Å². The van der Waals surface area contributed by atoms with Gasteiger partial charge in [0.15, 0.2) is 0 Å². The molecule has 3 nitrogen and oxygen atoms in total. The molecule has 1 aromatic carbocycles. The number of anilines is 1. The maximum absolute atomic E-state index is 12.0. The van der Waals surface area contributed by atoms with Crippen LogP contribution in [0.15, 0.2) is 30.3 Å². The van der Waals surface area contributed by atoms with Crippen molar-refractivity contribution in [2.45, 2.75) is 11.7 Å². The second kappa shape index (κ2) is 4.44. The number of para-hydroxylation sites is 1. The highest BCUT2D eigenvalue weighted by atomic mass is 35.5. The van der Waals surface area contributed by atoms with Crippen molar-refractivity contribution in [1.29, 1.82) is 0 Å².